The number of hydrogen-bond acceptors (Lipinski definition) is 0. The van der Waals surface area contributed by atoms with E-state index in [0.717, 1.165) is 6.07 Å². The molecule has 2 aromatic rings. The molecule has 0 heterocycles. The van der Waals surface area contributed by atoms with Crippen LogP contribution in [-0.2, 0) is 0 Å². The zero-order valence-corrected chi connectivity index (χ0v) is 7.53. The van der Waals surface area contributed by atoms with Crippen LogP contribution < -0.4 is 0 Å². The fourth-order valence-corrected chi connectivity index (χ4v) is 0.845. The third-order valence-electron chi connectivity index (χ3n) is 1.45. The summed E-state index contributed by atoms with van der Waals surface area (Å²) < 4.78 is 23.9. The Morgan fingerprint density at radius 3 is 1.14 bits per heavy atom. The molecule has 0 aliphatic heterocycles. The van der Waals surface area contributed by atoms with Crippen LogP contribution in [0.4, 0.5) is 8.78 Å². The van der Waals surface area contributed by atoms with E-state index >= 15 is 0 Å². The van der Waals surface area contributed by atoms with Crippen LogP contribution in [0.2, 0.25) is 0 Å². The van der Waals surface area contributed by atoms with Crippen molar-refractivity contribution in [2.45, 2.75) is 0 Å². The molecule has 0 bridgehead atoms. The Balaban J connectivity index is 0.000000146. The quantitative estimate of drug-likeness (QED) is 0.597. The molecule has 0 nitrogen and oxygen atoms in total. The van der Waals surface area contributed by atoms with E-state index in [1.165, 1.54) is 18.2 Å². The number of rotatable bonds is 0. The second kappa shape index (κ2) is 5.86. The Labute approximate surface area is 81.8 Å². The summed E-state index contributed by atoms with van der Waals surface area (Å²) >= 11 is 0. The largest absolute Gasteiger partial charge is 0.207 e. The minimum absolute atomic E-state index is 0.537. The third kappa shape index (κ3) is 4.36. The molecule has 0 aromatic heterocycles. The molecule has 2 aromatic carbocycles. The van der Waals surface area contributed by atoms with Crippen molar-refractivity contribution in [3.63, 3.8) is 0 Å². The van der Waals surface area contributed by atoms with Crippen molar-refractivity contribution in [3.8, 4) is 0 Å². The van der Waals surface area contributed by atoms with E-state index < -0.39 is 11.6 Å². The average molecular weight is 192 g/mol. The van der Waals surface area contributed by atoms with E-state index in [-0.39, 0.29) is 0 Å². The molecule has 0 N–H and O–H groups in total. The number of halogens is 2. The highest BCUT2D eigenvalue weighted by Gasteiger charge is 1.88. The van der Waals surface area contributed by atoms with E-state index in [0.29, 0.717) is 0 Å². The van der Waals surface area contributed by atoms with Gasteiger partial charge in [0, 0.05) is 6.07 Å². The second-order valence-corrected chi connectivity index (χ2v) is 2.59. The van der Waals surface area contributed by atoms with Crippen molar-refractivity contribution in [1.82, 2.24) is 0 Å². The Morgan fingerprint density at radius 2 is 0.929 bits per heavy atom. The number of hydrogen-bond donors (Lipinski definition) is 0. The molecule has 14 heavy (non-hydrogen) atoms. The maximum absolute atomic E-state index is 11.9. The average Bonchev–Trinajstić information content (AvgIpc) is 2.21. The van der Waals surface area contributed by atoms with Gasteiger partial charge in [0.15, 0.2) is 0 Å². The van der Waals surface area contributed by atoms with Crippen molar-refractivity contribution in [1.29, 1.82) is 0 Å². The predicted octanol–water partition coefficient (Wildman–Crippen LogP) is 3.65. The first-order valence-electron chi connectivity index (χ1n) is 4.20. The Hall–Kier alpha value is -1.70. The monoisotopic (exact) mass is 192 g/mol. The van der Waals surface area contributed by atoms with Crippen LogP contribution >= 0.6 is 0 Å². The van der Waals surface area contributed by atoms with Crippen LogP contribution in [0.3, 0.4) is 0 Å². The topological polar surface area (TPSA) is 0 Å². The summed E-state index contributed by atoms with van der Waals surface area (Å²) in [5.74, 6) is -1.07. The van der Waals surface area contributed by atoms with Crippen LogP contribution in [0.5, 0.6) is 0 Å². The van der Waals surface area contributed by atoms with Crippen molar-refractivity contribution in [2.75, 3.05) is 0 Å². The fourth-order valence-electron chi connectivity index (χ4n) is 0.845. The molecule has 0 saturated heterocycles. The molecule has 72 valence electrons. The van der Waals surface area contributed by atoms with Gasteiger partial charge in [-0.05, 0) is 12.1 Å². The first-order chi connectivity index (χ1) is 6.79. The van der Waals surface area contributed by atoms with Crippen LogP contribution in [0, 0.1) is 11.6 Å². The van der Waals surface area contributed by atoms with Crippen molar-refractivity contribution in [2.24, 2.45) is 0 Å². The Kier molecular flexibility index (Phi) is 4.35. The summed E-state index contributed by atoms with van der Waals surface area (Å²) in [6, 6.07) is 16.6. The zero-order valence-electron chi connectivity index (χ0n) is 7.53. The van der Waals surface area contributed by atoms with Gasteiger partial charge in [-0.15, -0.1) is 0 Å². The van der Waals surface area contributed by atoms with Crippen molar-refractivity contribution >= 4 is 0 Å². The standard InChI is InChI=1S/C6H4F2.C6H6/c7-5-2-1-3-6(8)4-5;1-2-4-6-5-3-1/h1-4H;1-6H. The van der Waals surface area contributed by atoms with Gasteiger partial charge in [-0.1, -0.05) is 42.5 Å². The van der Waals surface area contributed by atoms with Gasteiger partial charge in [0.05, 0.1) is 0 Å². The molecule has 2 rings (SSSR count). The van der Waals surface area contributed by atoms with Gasteiger partial charge >= 0.3 is 0 Å². The van der Waals surface area contributed by atoms with E-state index in [1.54, 1.807) is 0 Å². The molecule has 0 spiro atoms. The molecular formula is C12H10F2. The normalized spacial score (nSPS) is 8.71. The molecule has 0 amide bonds. The smallest absolute Gasteiger partial charge is 0.126 e. The lowest BCUT2D eigenvalue weighted by atomic mass is 10.3. The van der Waals surface area contributed by atoms with E-state index in [9.17, 15) is 8.78 Å². The lowest BCUT2D eigenvalue weighted by Gasteiger charge is -1.84. The maximum Gasteiger partial charge on any atom is 0.126 e. The highest BCUT2D eigenvalue weighted by Crippen LogP contribution is 1.99. The fraction of sp³-hybridized carbons (Fsp3) is 0. The lowest BCUT2D eigenvalue weighted by Crippen LogP contribution is -1.73. The summed E-state index contributed by atoms with van der Waals surface area (Å²) in [7, 11) is 0. The van der Waals surface area contributed by atoms with Gasteiger partial charge < -0.3 is 0 Å². The van der Waals surface area contributed by atoms with Gasteiger partial charge in [0.2, 0.25) is 0 Å². The van der Waals surface area contributed by atoms with E-state index in [1.807, 2.05) is 36.4 Å². The molecule has 0 atom stereocenters. The molecule has 0 fully saturated rings. The molecule has 0 radical (unpaired) electrons. The predicted molar refractivity (Wildman–Crippen MR) is 52.8 cm³/mol. The van der Waals surface area contributed by atoms with Crippen LogP contribution in [0.15, 0.2) is 60.7 Å². The zero-order chi connectivity index (χ0) is 10.2. The van der Waals surface area contributed by atoms with Crippen molar-refractivity contribution < 1.29 is 8.78 Å². The molecule has 0 aliphatic rings. The minimum Gasteiger partial charge on any atom is -0.207 e. The minimum atomic E-state index is -0.537. The third-order valence-corrected chi connectivity index (χ3v) is 1.45. The summed E-state index contributed by atoms with van der Waals surface area (Å²) in [4.78, 5) is 0. The molecule has 0 aliphatic carbocycles. The molecule has 2 heteroatoms. The maximum atomic E-state index is 11.9. The highest BCUT2D eigenvalue weighted by atomic mass is 19.1. The summed E-state index contributed by atoms with van der Waals surface area (Å²) in [5.41, 5.74) is 0. The Bertz CT molecular complexity index is 314. The highest BCUT2D eigenvalue weighted by molar-refractivity contribution is 5.04. The van der Waals surface area contributed by atoms with Crippen LogP contribution in [-0.4, -0.2) is 0 Å². The van der Waals surface area contributed by atoms with Crippen LogP contribution in [0.1, 0.15) is 0 Å². The second-order valence-electron chi connectivity index (χ2n) is 2.59. The summed E-state index contributed by atoms with van der Waals surface area (Å²) in [5, 5.41) is 0. The SMILES string of the molecule is Fc1cccc(F)c1.c1ccccc1. The van der Waals surface area contributed by atoms with Gasteiger partial charge in [0.25, 0.3) is 0 Å². The first kappa shape index (κ1) is 10.4. The molecular weight excluding hydrogens is 182 g/mol. The van der Waals surface area contributed by atoms with E-state index in [2.05, 4.69) is 0 Å². The first-order valence-corrected chi connectivity index (χ1v) is 4.20. The summed E-state index contributed by atoms with van der Waals surface area (Å²) in [6.07, 6.45) is 0. The van der Waals surface area contributed by atoms with Gasteiger partial charge in [-0.3, -0.25) is 0 Å². The van der Waals surface area contributed by atoms with Gasteiger partial charge in [0.1, 0.15) is 11.6 Å². The molecule has 0 unspecified atom stereocenters. The van der Waals surface area contributed by atoms with Crippen LogP contribution in [0.25, 0.3) is 0 Å². The number of benzene rings is 2. The van der Waals surface area contributed by atoms with Crippen molar-refractivity contribution in [3.05, 3.63) is 72.3 Å². The summed E-state index contributed by atoms with van der Waals surface area (Å²) in [6.45, 7) is 0. The molecule has 0 saturated carbocycles. The van der Waals surface area contributed by atoms with Gasteiger partial charge in [-0.2, -0.15) is 0 Å². The lowest BCUT2D eigenvalue weighted by molar-refractivity contribution is 0.583. The Morgan fingerprint density at radius 1 is 0.571 bits per heavy atom. The van der Waals surface area contributed by atoms with E-state index in [4.69, 9.17) is 0 Å². The van der Waals surface area contributed by atoms with Gasteiger partial charge in [-0.25, -0.2) is 8.78 Å².